The molecule has 1 atom stereocenters. The Hall–Kier alpha value is -1.81. The van der Waals surface area contributed by atoms with Crippen molar-refractivity contribution in [2.45, 2.75) is 19.4 Å². The largest absolute Gasteiger partial charge is 0.490 e. The molecule has 0 bridgehead atoms. The second-order valence-corrected chi connectivity index (χ2v) is 4.51. The molecule has 1 aliphatic rings. The molecule has 4 heteroatoms. The van der Waals surface area contributed by atoms with Gasteiger partial charge in [-0.3, -0.25) is 4.79 Å². The van der Waals surface area contributed by atoms with E-state index >= 15 is 0 Å². The lowest BCUT2D eigenvalue weighted by Crippen LogP contribution is -2.36. The van der Waals surface area contributed by atoms with E-state index in [1.807, 2.05) is 25.1 Å². The fourth-order valence-electron chi connectivity index (χ4n) is 2.14. The smallest absolute Gasteiger partial charge is 0.179 e. The molecule has 4 nitrogen and oxygen atoms in total. The Morgan fingerprint density at radius 3 is 3.21 bits per heavy atom. The minimum Gasteiger partial charge on any atom is -0.490 e. The molecule has 2 N–H and O–H groups in total. The standard InChI is InChI=1S/C15H20N2O2/c1-3-7-16-12(4-2)15(18)11-5-6-14-13(10-11)17-8-9-19-14/h3,5-6,10,12,16-17H,1,4,7-9H2,2H3. The van der Waals surface area contributed by atoms with Crippen LogP contribution in [-0.4, -0.2) is 31.5 Å². The third kappa shape index (κ3) is 3.15. The lowest BCUT2D eigenvalue weighted by molar-refractivity contribution is 0.0942. The van der Waals surface area contributed by atoms with E-state index in [2.05, 4.69) is 17.2 Å². The van der Waals surface area contributed by atoms with Crippen LogP contribution in [0.1, 0.15) is 23.7 Å². The van der Waals surface area contributed by atoms with Gasteiger partial charge in [0.15, 0.2) is 5.78 Å². The zero-order chi connectivity index (χ0) is 13.7. The molecule has 19 heavy (non-hydrogen) atoms. The molecule has 1 aliphatic heterocycles. The Labute approximate surface area is 113 Å². The summed E-state index contributed by atoms with van der Waals surface area (Å²) in [5, 5.41) is 6.42. The third-order valence-electron chi connectivity index (χ3n) is 3.17. The van der Waals surface area contributed by atoms with E-state index in [0.717, 1.165) is 24.4 Å². The summed E-state index contributed by atoms with van der Waals surface area (Å²) in [7, 11) is 0. The number of carbonyl (C=O) groups excluding carboxylic acids is 1. The maximum absolute atomic E-state index is 12.4. The molecule has 0 fully saturated rings. The molecule has 0 saturated heterocycles. The molecule has 1 aromatic rings. The first-order chi connectivity index (χ1) is 9.26. The summed E-state index contributed by atoms with van der Waals surface area (Å²) >= 11 is 0. The van der Waals surface area contributed by atoms with Crippen LogP contribution >= 0.6 is 0 Å². The number of nitrogens with one attached hydrogen (secondary N) is 2. The van der Waals surface area contributed by atoms with Crippen molar-refractivity contribution < 1.29 is 9.53 Å². The van der Waals surface area contributed by atoms with Crippen LogP contribution in [0.15, 0.2) is 30.9 Å². The quantitative estimate of drug-likeness (QED) is 0.608. The molecule has 0 saturated carbocycles. The van der Waals surface area contributed by atoms with Gasteiger partial charge < -0.3 is 15.4 Å². The van der Waals surface area contributed by atoms with Gasteiger partial charge in [0.1, 0.15) is 12.4 Å². The summed E-state index contributed by atoms with van der Waals surface area (Å²) < 4.78 is 5.51. The Morgan fingerprint density at radius 1 is 1.63 bits per heavy atom. The van der Waals surface area contributed by atoms with Crippen molar-refractivity contribution >= 4 is 11.5 Å². The summed E-state index contributed by atoms with van der Waals surface area (Å²) in [5.74, 6) is 0.925. The first-order valence-electron chi connectivity index (χ1n) is 6.65. The predicted octanol–water partition coefficient (Wildman–Crippen LogP) is 2.23. The lowest BCUT2D eigenvalue weighted by atomic mass is 10.0. The highest BCUT2D eigenvalue weighted by Gasteiger charge is 2.19. The maximum atomic E-state index is 12.4. The number of rotatable bonds is 6. The fraction of sp³-hybridized carbons (Fsp3) is 0.400. The van der Waals surface area contributed by atoms with Crippen LogP contribution in [0.5, 0.6) is 5.75 Å². The van der Waals surface area contributed by atoms with Crippen LogP contribution in [-0.2, 0) is 0 Å². The molecule has 1 unspecified atom stereocenters. The molecule has 1 heterocycles. The SMILES string of the molecule is C=CCNC(CC)C(=O)c1ccc2c(c1)NCCO2. The normalized spacial score (nSPS) is 14.8. The lowest BCUT2D eigenvalue weighted by Gasteiger charge is -2.20. The highest BCUT2D eigenvalue weighted by Crippen LogP contribution is 2.28. The van der Waals surface area contributed by atoms with E-state index in [9.17, 15) is 4.79 Å². The van der Waals surface area contributed by atoms with Crippen molar-refractivity contribution in [3.63, 3.8) is 0 Å². The van der Waals surface area contributed by atoms with Crippen LogP contribution in [0.2, 0.25) is 0 Å². The first kappa shape index (κ1) is 13.6. The van der Waals surface area contributed by atoms with Gasteiger partial charge in [0.25, 0.3) is 0 Å². The number of hydrogen-bond donors (Lipinski definition) is 2. The highest BCUT2D eigenvalue weighted by molar-refractivity contribution is 6.01. The molecular weight excluding hydrogens is 240 g/mol. The van der Waals surface area contributed by atoms with E-state index in [1.54, 1.807) is 6.08 Å². The van der Waals surface area contributed by atoms with E-state index in [-0.39, 0.29) is 11.8 Å². The second kappa shape index (κ2) is 6.38. The molecule has 1 aromatic carbocycles. The second-order valence-electron chi connectivity index (χ2n) is 4.51. The van der Waals surface area contributed by atoms with Gasteiger partial charge in [-0.05, 0) is 24.6 Å². The maximum Gasteiger partial charge on any atom is 0.179 e. The third-order valence-corrected chi connectivity index (χ3v) is 3.17. The summed E-state index contributed by atoms with van der Waals surface area (Å²) in [4.78, 5) is 12.4. The number of fused-ring (bicyclic) bond motifs is 1. The van der Waals surface area contributed by atoms with Crippen LogP contribution in [0, 0.1) is 0 Å². The Bertz CT molecular complexity index is 471. The van der Waals surface area contributed by atoms with E-state index in [0.29, 0.717) is 18.7 Å². The molecular formula is C15H20N2O2. The van der Waals surface area contributed by atoms with E-state index in [4.69, 9.17) is 4.74 Å². The van der Waals surface area contributed by atoms with Crippen molar-refractivity contribution in [1.29, 1.82) is 0 Å². The van der Waals surface area contributed by atoms with E-state index < -0.39 is 0 Å². The van der Waals surface area contributed by atoms with Crippen molar-refractivity contribution in [3.05, 3.63) is 36.4 Å². The molecule has 0 spiro atoms. The van der Waals surface area contributed by atoms with Crippen molar-refractivity contribution in [2.75, 3.05) is 25.0 Å². The van der Waals surface area contributed by atoms with Crippen LogP contribution in [0.4, 0.5) is 5.69 Å². The van der Waals surface area contributed by atoms with Gasteiger partial charge in [0, 0.05) is 18.7 Å². The van der Waals surface area contributed by atoms with Crippen molar-refractivity contribution in [2.24, 2.45) is 0 Å². The minimum atomic E-state index is -0.166. The molecule has 0 aliphatic carbocycles. The summed E-state index contributed by atoms with van der Waals surface area (Å²) in [6.07, 6.45) is 2.52. The number of ketones is 1. The van der Waals surface area contributed by atoms with Gasteiger partial charge in [-0.15, -0.1) is 6.58 Å². The van der Waals surface area contributed by atoms with Gasteiger partial charge >= 0.3 is 0 Å². The minimum absolute atomic E-state index is 0.111. The summed E-state index contributed by atoms with van der Waals surface area (Å²) in [5.41, 5.74) is 1.61. The summed E-state index contributed by atoms with van der Waals surface area (Å²) in [6.45, 7) is 7.73. The number of carbonyl (C=O) groups is 1. The van der Waals surface area contributed by atoms with Crippen LogP contribution < -0.4 is 15.4 Å². The zero-order valence-electron chi connectivity index (χ0n) is 11.2. The molecule has 0 aromatic heterocycles. The number of benzene rings is 1. The molecule has 2 rings (SSSR count). The fourth-order valence-corrected chi connectivity index (χ4v) is 2.14. The number of anilines is 1. The Morgan fingerprint density at radius 2 is 2.47 bits per heavy atom. The number of hydrogen-bond acceptors (Lipinski definition) is 4. The molecule has 0 amide bonds. The van der Waals surface area contributed by atoms with E-state index in [1.165, 1.54) is 0 Å². The zero-order valence-corrected chi connectivity index (χ0v) is 11.2. The predicted molar refractivity (Wildman–Crippen MR) is 77.0 cm³/mol. The van der Waals surface area contributed by atoms with Gasteiger partial charge in [-0.25, -0.2) is 0 Å². The van der Waals surface area contributed by atoms with Gasteiger partial charge in [0.05, 0.1) is 11.7 Å². The Balaban J connectivity index is 2.15. The summed E-state index contributed by atoms with van der Waals surface area (Å²) in [6, 6.07) is 5.39. The van der Waals surface area contributed by atoms with Crippen molar-refractivity contribution in [1.82, 2.24) is 5.32 Å². The monoisotopic (exact) mass is 260 g/mol. The topological polar surface area (TPSA) is 50.4 Å². The molecule has 102 valence electrons. The Kier molecular flexibility index (Phi) is 4.58. The van der Waals surface area contributed by atoms with Gasteiger partial charge in [-0.2, -0.15) is 0 Å². The number of ether oxygens (including phenoxy) is 1. The molecule has 0 radical (unpaired) electrons. The average molecular weight is 260 g/mol. The van der Waals surface area contributed by atoms with Crippen LogP contribution in [0.25, 0.3) is 0 Å². The highest BCUT2D eigenvalue weighted by atomic mass is 16.5. The van der Waals surface area contributed by atoms with Crippen LogP contribution in [0.3, 0.4) is 0 Å². The van der Waals surface area contributed by atoms with Gasteiger partial charge in [0.2, 0.25) is 0 Å². The van der Waals surface area contributed by atoms with Gasteiger partial charge in [-0.1, -0.05) is 13.0 Å². The average Bonchev–Trinajstić information content (AvgIpc) is 2.47. The number of Topliss-reactive ketones (excluding diaryl/α,β-unsaturated/α-hetero) is 1. The van der Waals surface area contributed by atoms with Crippen molar-refractivity contribution in [3.8, 4) is 5.75 Å². The first-order valence-corrected chi connectivity index (χ1v) is 6.65.